The monoisotopic (exact) mass is 550 g/mol. The molecule has 0 bridgehead atoms. The maximum Gasteiger partial charge on any atom is 0.137 e. The van der Waals surface area contributed by atoms with Crippen molar-refractivity contribution < 1.29 is 0 Å². The van der Waals surface area contributed by atoms with E-state index in [-0.39, 0.29) is 11.0 Å². The number of pyridine rings is 1. The Balaban J connectivity index is 1.34. The van der Waals surface area contributed by atoms with Crippen LogP contribution in [0.15, 0.2) is 109 Å². The summed E-state index contributed by atoms with van der Waals surface area (Å²) < 4.78 is 2.32. The Morgan fingerprint density at radius 1 is 0.643 bits per heavy atom. The van der Waals surface area contributed by atoms with Gasteiger partial charge in [0.1, 0.15) is 5.82 Å². The number of nitrogens with zero attached hydrogens (tertiary/aromatic N) is 4. The third-order valence-corrected chi connectivity index (χ3v) is 8.96. The molecule has 0 N–H and O–H groups in total. The number of aryl methyl sites for hydroxylation is 1. The van der Waals surface area contributed by atoms with Crippen molar-refractivity contribution >= 4 is 38.9 Å². The van der Waals surface area contributed by atoms with E-state index in [1.165, 1.54) is 55.6 Å². The van der Waals surface area contributed by atoms with E-state index in [2.05, 4.69) is 159 Å². The highest BCUT2D eigenvalue weighted by atomic mass is 15.4. The van der Waals surface area contributed by atoms with Gasteiger partial charge in [-0.1, -0.05) is 68.4 Å². The van der Waals surface area contributed by atoms with Crippen molar-refractivity contribution in [1.29, 1.82) is 0 Å². The summed E-state index contributed by atoms with van der Waals surface area (Å²) in [7, 11) is 0. The summed E-state index contributed by atoms with van der Waals surface area (Å²) in [5.41, 5.74) is 9.73. The molecule has 0 radical (unpaired) electrons. The fraction of sp³-hybridized carbons (Fsp3) is 0.237. The SMILES string of the molecule is Cc1ccnc(-n2c3ccccc3c3ccc(C(C)(C)c4cccc(N5CN(C(C)(C)C)c6ccccc65)c4)cc32)c1. The van der Waals surface area contributed by atoms with Gasteiger partial charge in [0, 0.05) is 33.6 Å². The number of aromatic nitrogens is 2. The minimum Gasteiger partial charge on any atom is -0.347 e. The second kappa shape index (κ2) is 9.49. The zero-order valence-electron chi connectivity index (χ0n) is 25.4. The zero-order chi connectivity index (χ0) is 29.2. The molecule has 0 fully saturated rings. The summed E-state index contributed by atoms with van der Waals surface area (Å²) in [4.78, 5) is 9.72. The second-order valence-corrected chi connectivity index (χ2v) is 13.1. The minimum atomic E-state index is -0.214. The zero-order valence-corrected chi connectivity index (χ0v) is 25.4. The van der Waals surface area contributed by atoms with Crippen LogP contribution in [0.4, 0.5) is 17.1 Å². The number of rotatable bonds is 4. The Morgan fingerprint density at radius 2 is 1.36 bits per heavy atom. The van der Waals surface area contributed by atoms with Crippen molar-refractivity contribution in [3.63, 3.8) is 0 Å². The molecule has 1 aliphatic heterocycles. The van der Waals surface area contributed by atoms with Gasteiger partial charge in [-0.3, -0.25) is 4.57 Å². The van der Waals surface area contributed by atoms with E-state index >= 15 is 0 Å². The van der Waals surface area contributed by atoms with E-state index in [1.54, 1.807) is 0 Å². The molecule has 4 nitrogen and oxygen atoms in total. The molecule has 4 heteroatoms. The third kappa shape index (κ3) is 4.16. The van der Waals surface area contributed by atoms with Crippen molar-refractivity contribution in [1.82, 2.24) is 9.55 Å². The highest BCUT2D eigenvalue weighted by Gasteiger charge is 2.34. The van der Waals surface area contributed by atoms with Gasteiger partial charge in [-0.2, -0.15) is 0 Å². The lowest BCUT2D eigenvalue weighted by atomic mass is 9.77. The first-order chi connectivity index (χ1) is 20.1. The quantitative estimate of drug-likeness (QED) is 0.218. The fourth-order valence-electron chi connectivity index (χ4n) is 6.49. The molecule has 42 heavy (non-hydrogen) atoms. The maximum absolute atomic E-state index is 4.78. The van der Waals surface area contributed by atoms with Crippen LogP contribution in [0.2, 0.25) is 0 Å². The van der Waals surface area contributed by atoms with Crippen LogP contribution in [0.25, 0.3) is 27.6 Å². The minimum absolute atomic E-state index is 0.0295. The van der Waals surface area contributed by atoms with Crippen LogP contribution in [-0.2, 0) is 5.41 Å². The number of hydrogen-bond acceptors (Lipinski definition) is 3. The molecule has 0 unspecified atom stereocenters. The first-order valence-electron chi connectivity index (χ1n) is 14.8. The van der Waals surface area contributed by atoms with Gasteiger partial charge < -0.3 is 9.80 Å². The van der Waals surface area contributed by atoms with Gasteiger partial charge in [0.15, 0.2) is 0 Å². The lowest BCUT2D eigenvalue weighted by Crippen LogP contribution is -2.42. The molecule has 0 aliphatic carbocycles. The number of benzene rings is 4. The normalized spacial score (nSPS) is 13.8. The maximum atomic E-state index is 4.78. The average molecular weight is 551 g/mol. The van der Waals surface area contributed by atoms with E-state index in [4.69, 9.17) is 4.98 Å². The average Bonchev–Trinajstić information content (AvgIpc) is 3.54. The van der Waals surface area contributed by atoms with Gasteiger partial charge in [0.2, 0.25) is 0 Å². The van der Waals surface area contributed by atoms with Crippen molar-refractivity contribution in [2.45, 2.75) is 52.5 Å². The number of hydrogen-bond donors (Lipinski definition) is 0. The molecule has 210 valence electrons. The summed E-state index contributed by atoms with van der Waals surface area (Å²) in [5, 5.41) is 2.50. The topological polar surface area (TPSA) is 24.3 Å². The van der Waals surface area contributed by atoms with Crippen LogP contribution in [0.3, 0.4) is 0 Å². The van der Waals surface area contributed by atoms with Gasteiger partial charge in [-0.25, -0.2) is 4.98 Å². The van der Waals surface area contributed by atoms with Gasteiger partial charge in [0.25, 0.3) is 0 Å². The molecule has 6 aromatic rings. The summed E-state index contributed by atoms with van der Waals surface area (Å²) in [6, 6.07) is 37.7. The van der Waals surface area contributed by atoms with E-state index in [1.807, 2.05) is 6.20 Å². The van der Waals surface area contributed by atoms with E-state index in [0.717, 1.165) is 12.5 Å². The Labute approximate surface area is 248 Å². The number of anilines is 3. The lowest BCUT2D eigenvalue weighted by molar-refractivity contribution is 0.518. The Kier molecular flexibility index (Phi) is 5.95. The predicted octanol–water partition coefficient (Wildman–Crippen LogP) is 9.53. The molecule has 0 spiro atoms. The first kappa shape index (κ1) is 26.3. The first-order valence-corrected chi connectivity index (χ1v) is 14.8. The fourth-order valence-corrected chi connectivity index (χ4v) is 6.49. The van der Waals surface area contributed by atoms with Crippen LogP contribution in [0.1, 0.15) is 51.3 Å². The molecule has 4 aromatic carbocycles. The lowest BCUT2D eigenvalue weighted by Gasteiger charge is -2.34. The van der Waals surface area contributed by atoms with Crippen LogP contribution in [0, 0.1) is 6.92 Å². The largest absolute Gasteiger partial charge is 0.347 e. The molecule has 3 heterocycles. The standard InChI is InChI=1S/C38H38N4/c1-26-20-21-39-36(22-26)42-32-15-8-7-14-30(32)31-19-18-28(24-35(31)42)38(5,6)27-12-11-13-29(23-27)40-25-41(37(2,3)4)34-17-10-9-16-33(34)40/h7-24H,25H2,1-6H3. The molecular weight excluding hydrogens is 512 g/mol. The molecule has 2 aromatic heterocycles. The van der Waals surface area contributed by atoms with E-state index in [9.17, 15) is 0 Å². The summed E-state index contributed by atoms with van der Waals surface area (Å²) >= 11 is 0. The van der Waals surface area contributed by atoms with Crippen LogP contribution in [-0.4, -0.2) is 21.8 Å². The molecule has 7 rings (SSSR count). The Morgan fingerprint density at radius 3 is 2.14 bits per heavy atom. The molecule has 0 saturated heterocycles. The van der Waals surface area contributed by atoms with Crippen molar-refractivity contribution in [3.05, 3.63) is 126 Å². The van der Waals surface area contributed by atoms with Crippen LogP contribution >= 0.6 is 0 Å². The Bertz CT molecular complexity index is 1960. The van der Waals surface area contributed by atoms with Gasteiger partial charge in [-0.05, 0) is 92.9 Å². The van der Waals surface area contributed by atoms with Crippen molar-refractivity contribution in [2.24, 2.45) is 0 Å². The van der Waals surface area contributed by atoms with E-state index < -0.39 is 0 Å². The molecule has 0 amide bonds. The highest BCUT2D eigenvalue weighted by molar-refractivity contribution is 6.09. The Hall–Kier alpha value is -4.57. The number of para-hydroxylation sites is 3. The highest BCUT2D eigenvalue weighted by Crippen LogP contribution is 2.45. The summed E-state index contributed by atoms with van der Waals surface area (Å²) in [6.07, 6.45) is 1.90. The smallest absolute Gasteiger partial charge is 0.137 e. The van der Waals surface area contributed by atoms with Crippen LogP contribution in [0.5, 0.6) is 0 Å². The predicted molar refractivity (Wildman–Crippen MR) is 178 cm³/mol. The molecule has 1 aliphatic rings. The summed E-state index contributed by atoms with van der Waals surface area (Å²) in [5.74, 6) is 0.953. The third-order valence-electron chi connectivity index (χ3n) is 8.96. The van der Waals surface area contributed by atoms with Gasteiger partial charge in [-0.15, -0.1) is 0 Å². The van der Waals surface area contributed by atoms with Gasteiger partial charge >= 0.3 is 0 Å². The molecule has 0 saturated carbocycles. The molecular formula is C38H38N4. The summed E-state index contributed by atoms with van der Waals surface area (Å²) in [6.45, 7) is 14.5. The van der Waals surface area contributed by atoms with Gasteiger partial charge in [0.05, 0.1) is 29.1 Å². The van der Waals surface area contributed by atoms with E-state index in [0.29, 0.717) is 0 Å². The second-order valence-electron chi connectivity index (χ2n) is 13.1. The molecule has 0 atom stereocenters. The van der Waals surface area contributed by atoms with Crippen molar-refractivity contribution in [3.8, 4) is 5.82 Å². The van der Waals surface area contributed by atoms with Crippen LogP contribution < -0.4 is 9.80 Å². The van der Waals surface area contributed by atoms with Crippen molar-refractivity contribution in [2.75, 3.05) is 16.5 Å². The number of fused-ring (bicyclic) bond motifs is 4.